The van der Waals surface area contributed by atoms with E-state index in [1.807, 2.05) is 13.8 Å². The first-order chi connectivity index (χ1) is 9.20. The van der Waals surface area contributed by atoms with Crippen LogP contribution in [0.4, 0.5) is 18.9 Å². The van der Waals surface area contributed by atoms with Crippen molar-refractivity contribution < 1.29 is 23.0 Å². The van der Waals surface area contributed by atoms with Crippen molar-refractivity contribution in [1.82, 2.24) is 0 Å². The number of ether oxygens (including phenoxy) is 1. The van der Waals surface area contributed by atoms with Crippen molar-refractivity contribution in [3.8, 4) is 0 Å². The van der Waals surface area contributed by atoms with Gasteiger partial charge in [0.1, 0.15) is 0 Å². The third-order valence-corrected chi connectivity index (χ3v) is 2.71. The van der Waals surface area contributed by atoms with Crippen LogP contribution in [0.2, 0.25) is 0 Å². The fourth-order valence-corrected chi connectivity index (χ4v) is 1.64. The van der Waals surface area contributed by atoms with Gasteiger partial charge >= 0.3 is 6.18 Å². The maximum atomic E-state index is 12.7. The van der Waals surface area contributed by atoms with Crippen molar-refractivity contribution in [3.63, 3.8) is 0 Å². The monoisotopic (exact) mass is 291 g/mol. The highest BCUT2D eigenvalue weighted by Gasteiger charge is 2.32. The molecule has 20 heavy (non-hydrogen) atoms. The molecule has 6 heteroatoms. The number of hydrogen-bond acceptors (Lipinski definition) is 3. The zero-order valence-electron chi connectivity index (χ0n) is 11.8. The number of halogens is 3. The van der Waals surface area contributed by atoms with Crippen LogP contribution >= 0.6 is 0 Å². The average Bonchev–Trinajstić information content (AvgIpc) is 2.33. The van der Waals surface area contributed by atoms with Gasteiger partial charge in [-0.05, 0) is 38.5 Å². The molecule has 3 nitrogen and oxygen atoms in total. The molecular formula is C14H20F3NO2. The summed E-state index contributed by atoms with van der Waals surface area (Å²) in [6, 6.07) is 4.01. The Kier molecular flexibility index (Phi) is 5.83. The average molecular weight is 291 g/mol. The van der Waals surface area contributed by atoms with Gasteiger partial charge < -0.3 is 15.2 Å². The fraction of sp³-hybridized carbons (Fsp3) is 0.571. The van der Waals surface area contributed by atoms with Crippen molar-refractivity contribution in [2.24, 2.45) is 0 Å². The van der Waals surface area contributed by atoms with Gasteiger partial charge in [-0.3, -0.25) is 0 Å². The van der Waals surface area contributed by atoms with E-state index in [0.717, 1.165) is 6.07 Å². The molecule has 0 bridgehead atoms. The Morgan fingerprint density at radius 2 is 1.95 bits per heavy atom. The van der Waals surface area contributed by atoms with Crippen molar-refractivity contribution in [2.45, 2.75) is 39.2 Å². The predicted octanol–water partition coefficient (Wildman–Crippen LogP) is 3.21. The molecule has 0 radical (unpaired) electrons. The van der Waals surface area contributed by atoms with E-state index in [1.165, 1.54) is 13.0 Å². The van der Waals surface area contributed by atoms with E-state index in [0.29, 0.717) is 5.69 Å². The maximum absolute atomic E-state index is 12.7. The van der Waals surface area contributed by atoms with Crippen LogP contribution in [-0.2, 0) is 10.9 Å². The van der Waals surface area contributed by atoms with E-state index >= 15 is 0 Å². The highest BCUT2D eigenvalue weighted by atomic mass is 19.4. The Morgan fingerprint density at radius 1 is 1.30 bits per heavy atom. The van der Waals surface area contributed by atoms with Crippen molar-refractivity contribution >= 4 is 5.69 Å². The SMILES string of the molecule is Cc1ccc(NCC(O)COC(C)C)cc1C(F)(F)F. The molecule has 1 atom stereocenters. The Balaban J connectivity index is 2.61. The zero-order valence-corrected chi connectivity index (χ0v) is 11.8. The number of hydrogen-bond donors (Lipinski definition) is 2. The minimum Gasteiger partial charge on any atom is -0.389 e. The molecule has 0 aromatic heterocycles. The zero-order chi connectivity index (χ0) is 15.3. The minimum atomic E-state index is -4.37. The van der Waals surface area contributed by atoms with E-state index in [4.69, 9.17) is 4.74 Å². The second-order valence-electron chi connectivity index (χ2n) is 4.94. The molecule has 114 valence electrons. The third-order valence-electron chi connectivity index (χ3n) is 2.71. The summed E-state index contributed by atoms with van der Waals surface area (Å²) in [6.07, 6.45) is -5.14. The van der Waals surface area contributed by atoms with Crippen LogP contribution in [0, 0.1) is 6.92 Å². The van der Waals surface area contributed by atoms with Crippen molar-refractivity contribution in [2.75, 3.05) is 18.5 Å². The van der Waals surface area contributed by atoms with Gasteiger partial charge in [0.05, 0.1) is 24.4 Å². The van der Waals surface area contributed by atoms with Crippen molar-refractivity contribution in [1.29, 1.82) is 0 Å². The van der Waals surface area contributed by atoms with E-state index in [2.05, 4.69) is 5.32 Å². The lowest BCUT2D eigenvalue weighted by Gasteiger charge is -2.16. The lowest BCUT2D eigenvalue weighted by atomic mass is 10.1. The van der Waals surface area contributed by atoms with Gasteiger partial charge in [-0.2, -0.15) is 13.2 Å². The topological polar surface area (TPSA) is 41.5 Å². The highest BCUT2D eigenvalue weighted by molar-refractivity contribution is 5.49. The molecule has 0 heterocycles. The molecule has 0 aliphatic carbocycles. The molecule has 0 aliphatic rings. The summed E-state index contributed by atoms with van der Waals surface area (Å²) in [6.45, 7) is 5.37. The van der Waals surface area contributed by atoms with Crippen LogP contribution in [0.15, 0.2) is 18.2 Å². The lowest BCUT2D eigenvalue weighted by Crippen LogP contribution is -2.26. The third kappa shape index (κ3) is 5.38. The molecule has 0 spiro atoms. The Labute approximate surface area is 116 Å². The number of aliphatic hydroxyl groups is 1. The Hall–Kier alpha value is -1.27. The van der Waals surface area contributed by atoms with Crippen LogP contribution in [0.5, 0.6) is 0 Å². The van der Waals surface area contributed by atoms with Gasteiger partial charge in [-0.25, -0.2) is 0 Å². The molecule has 0 fully saturated rings. The van der Waals surface area contributed by atoms with Gasteiger partial charge in [0, 0.05) is 12.2 Å². The van der Waals surface area contributed by atoms with Gasteiger partial charge in [0.15, 0.2) is 0 Å². The second kappa shape index (κ2) is 6.95. The smallest absolute Gasteiger partial charge is 0.389 e. The standard InChI is InChI=1S/C14H20F3NO2/c1-9(2)20-8-12(19)7-18-11-5-4-10(3)13(6-11)14(15,16)17/h4-6,9,12,18-19H,7-8H2,1-3H3. The van der Waals surface area contributed by atoms with Crippen LogP contribution in [0.25, 0.3) is 0 Å². The number of alkyl halides is 3. The number of nitrogens with one attached hydrogen (secondary N) is 1. The van der Waals surface area contributed by atoms with Crippen LogP contribution in [0.1, 0.15) is 25.0 Å². The number of rotatable bonds is 6. The molecule has 2 N–H and O–H groups in total. The molecular weight excluding hydrogens is 271 g/mol. The quantitative estimate of drug-likeness (QED) is 0.845. The minimum absolute atomic E-state index is 0.000793. The molecule has 0 amide bonds. The fourth-order valence-electron chi connectivity index (χ4n) is 1.64. The van der Waals surface area contributed by atoms with Gasteiger partial charge in [-0.15, -0.1) is 0 Å². The number of anilines is 1. The summed E-state index contributed by atoms with van der Waals surface area (Å²) in [7, 11) is 0. The van der Waals surface area contributed by atoms with Gasteiger partial charge in [-0.1, -0.05) is 6.07 Å². The number of aryl methyl sites for hydroxylation is 1. The molecule has 0 saturated carbocycles. The number of aliphatic hydroxyl groups excluding tert-OH is 1. The molecule has 1 aromatic carbocycles. The van der Waals surface area contributed by atoms with E-state index in [-0.39, 0.29) is 24.8 Å². The molecule has 0 aliphatic heterocycles. The number of benzene rings is 1. The summed E-state index contributed by atoms with van der Waals surface area (Å²) in [4.78, 5) is 0. The second-order valence-corrected chi connectivity index (χ2v) is 4.94. The summed E-state index contributed by atoms with van der Waals surface area (Å²) < 4.78 is 43.4. The summed E-state index contributed by atoms with van der Waals surface area (Å²) in [5, 5.41) is 12.4. The van der Waals surface area contributed by atoms with E-state index in [1.54, 1.807) is 6.07 Å². The van der Waals surface area contributed by atoms with Gasteiger partial charge in [0.2, 0.25) is 0 Å². The maximum Gasteiger partial charge on any atom is 0.416 e. The Morgan fingerprint density at radius 3 is 2.50 bits per heavy atom. The largest absolute Gasteiger partial charge is 0.416 e. The lowest BCUT2D eigenvalue weighted by molar-refractivity contribution is -0.138. The summed E-state index contributed by atoms with van der Waals surface area (Å²) >= 11 is 0. The first-order valence-electron chi connectivity index (χ1n) is 6.41. The van der Waals surface area contributed by atoms with Crippen molar-refractivity contribution in [3.05, 3.63) is 29.3 Å². The molecule has 1 unspecified atom stereocenters. The Bertz CT molecular complexity index is 433. The predicted molar refractivity (Wildman–Crippen MR) is 71.8 cm³/mol. The molecule has 1 rings (SSSR count). The van der Waals surface area contributed by atoms with Crippen LogP contribution in [-0.4, -0.2) is 30.5 Å². The van der Waals surface area contributed by atoms with Crippen LogP contribution in [0.3, 0.4) is 0 Å². The van der Waals surface area contributed by atoms with E-state index < -0.39 is 17.8 Å². The summed E-state index contributed by atoms with van der Waals surface area (Å²) in [5.41, 5.74) is -0.173. The first-order valence-corrected chi connectivity index (χ1v) is 6.41. The van der Waals surface area contributed by atoms with Gasteiger partial charge in [0.25, 0.3) is 0 Å². The van der Waals surface area contributed by atoms with Crippen LogP contribution < -0.4 is 5.32 Å². The normalized spacial score (nSPS) is 13.6. The summed E-state index contributed by atoms with van der Waals surface area (Å²) in [5.74, 6) is 0. The first kappa shape index (κ1) is 16.8. The van der Waals surface area contributed by atoms with E-state index in [9.17, 15) is 18.3 Å². The molecule has 1 aromatic rings. The highest BCUT2D eigenvalue weighted by Crippen LogP contribution is 2.33. The molecule has 0 saturated heterocycles.